The second-order valence-corrected chi connectivity index (χ2v) is 8.76. The highest BCUT2D eigenvalue weighted by Gasteiger charge is 2.15. The quantitative estimate of drug-likeness (QED) is 0.337. The van der Waals surface area contributed by atoms with Crippen molar-refractivity contribution < 1.29 is 4.74 Å². The average molecular weight is 492 g/mol. The summed E-state index contributed by atoms with van der Waals surface area (Å²) < 4.78 is 7.38. The summed E-state index contributed by atoms with van der Waals surface area (Å²) in [6.45, 7) is 9.81. The zero-order valence-corrected chi connectivity index (χ0v) is 21.3. The lowest BCUT2D eigenvalue weighted by Gasteiger charge is -2.18. The fraction of sp³-hybridized carbons (Fsp3) is 0.296. The Bertz CT molecular complexity index is 1360. The molecule has 8 heteroatoms. The Labute approximate surface area is 210 Å². The van der Waals surface area contributed by atoms with Crippen molar-refractivity contribution in [3.8, 4) is 16.9 Å². The monoisotopic (exact) mass is 491 g/mol. The number of anilines is 2. The van der Waals surface area contributed by atoms with Gasteiger partial charge >= 0.3 is 0 Å². The highest BCUT2D eigenvalue weighted by atomic mass is 35.5. The molecule has 0 spiro atoms. The predicted molar refractivity (Wildman–Crippen MR) is 143 cm³/mol. The summed E-state index contributed by atoms with van der Waals surface area (Å²) in [4.78, 5) is 24.5. The third-order valence-electron chi connectivity index (χ3n) is 6.12. The first-order chi connectivity index (χ1) is 16.9. The largest absolute Gasteiger partial charge is 0.492 e. The van der Waals surface area contributed by atoms with Gasteiger partial charge in [0.1, 0.15) is 18.0 Å². The molecule has 2 aromatic heterocycles. The van der Waals surface area contributed by atoms with E-state index < -0.39 is 0 Å². The van der Waals surface area contributed by atoms with E-state index in [1.54, 1.807) is 25.4 Å². The molecule has 0 amide bonds. The van der Waals surface area contributed by atoms with Crippen LogP contribution in [0.15, 0.2) is 59.5 Å². The van der Waals surface area contributed by atoms with Crippen LogP contribution in [0.3, 0.4) is 0 Å². The van der Waals surface area contributed by atoms with Crippen LogP contribution in [0.25, 0.3) is 22.2 Å². The number of halogens is 1. The molecule has 4 rings (SSSR count). The summed E-state index contributed by atoms with van der Waals surface area (Å²) in [5, 5.41) is 4.50. The average Bonchev–Trinajstić information content (AvgIpc) is 2.86. The van der Waals surface area contributed by atoms with E-state index in [0.29, 0.717) is 28.8 Å². The van der Waals surface area contributed by atoms with Crippen molar-refractivity contribution in [2.75, 3.05) is 31.6 Å². The van der Waals surface area contributed by atoms with Gasteiger partial charge in [0.25, 0.3) is 5.56 Å². The van der Waals surface area contributed by atoms with Crippen LogP contribution in [0.5, 0.6) is 5.75 Å². The molecule has 7 nitrogen and oxygen atoms in total. The Balaban J connectivity index is 1.53. The van der Waals surface area contributed by atoms with E-state index in [0.717, 1.165) is 47.6 Å². The number of nitrogens with one attached hydrogen (secondary N) is 1. The molecule has 0 bridgehead atoms. The Kier molecular flexibility index (Phi) is 7.68. The molecule has 0 unspecified atom stereocenters. The number of pyridine rings is 1. The predicted octanol–water partition coefficient (Wildman–Crippen LogP) is 5.42. The highest BCUT2D eigenvalue weighted by molar-refractivity contribution is 6.33. The maximum absolute atomic E-state index is 13.2. The zero-order valence-electron chi connectivity index (χ0n) is 20.5. The summed E-state index contributed by atoms with van der Waals surface area (Å²) in [6.07, 6.45) is 1.71. The first-order valence-electron chi connectivity index (χ1n) is 11.8. The molecule has 182 valence electrons. The van der Waals surface area contributed by atoms with Gasteiger partial charge in [-0.05, 0) is 62.0 Å². The number of rotatable bonds is 9. The fourth-order valence-corrected chi connectivity index (χ4v) is 4.38. The standard InChI is InChI=1S/C27H30ClN5O2/c1-5-33(6-2)14-15-35-21-12-10-20(11-13-21)30-27-29-17-19-16-22(26(34)32(4)25(19)31-27)24-18(3)8-7-9-23(24)28/h7-13,16-17H,5-6,14-15H2,1-4H3,(H,29,30,31). The third kappa shape index (κ3) is 5.47. The van der Waals surface area contributed by atoms with Crippen LogP contribution >= 0.6 is 11.6 Å². The number of hydrogen-bond acceptors (Lipinski definition) is 6. The van der Waals surface area contributed by atoms with Crippen LogP contribution in [0, 0.1) is 6.92 Å². The molecule has 0 radical (unpaired) electrons. The van der Waals surface area contributed by atoms with E-state index in [1.165, 1.54) is 4.57 Å². The van der Waals surface area contributed by atoms with Gasteiger partial charge in [0, 0.05) is 47.0 Å². The molecule has 1 N–H and O–H groups in total. The van der Waals surface area contributed by atoms with E-state index in [2.05, 4.69) is 34.0 Å². The van der Waals surface area contributed by atoms with Crippen LogP contribution < -0.4 is 15.6 Å². The molecular weight excluding hydrogens is 462 g/mol. The first-order valence-corrected chi connectivity index (χ1v) is 12.1. The Morgan fingerprint density at radius 1 is 1.11 bits per heavy atom. The van der Waals surface area contributed by atoms with E-state index in [9.17, 15) is 4.79 Å². The van der Waals surface area contributed by atoms with Gasteiger partial charge in [0.05, 0.1) is 0 Å². The van der Waals surface area contributed by atoms with Gasteiger partial charge in [-0.1, -0.05) is 37.6 Å². The smallest absolute Gasteiger partial charge is 0.259 e. The van der Waals surface area contributed by atoms with Crippen LogP contribution in [0.2, 0.25) is 5.02 Å². The Morgan fingerprint density at radius 3 is 2.54 bits per heavy atom. The molecular formula is C27H30ClN5O2. The van der Waals surface area contributed by atoms with Gasteiger partial charge in [-0.3, -0.25) is 9.36 Å². The second kappa shape index (κ2) is 10.9. The van der Waals surface area contributed by atoms with E-state index in [4.69, 9.17) is 16.3 Å². The molecule has 0 aliphatic carbocycles. The van der Waals surface area contributed by atoms with Gasteiger partial charge in [-0.25, -0.2) is 4.98 Å². The number of fused-ring (bicyclic) bond motifs is 1. The minimum atomic E-state index is -0.162. The lowest BCUT2D eigenvalue weighted by atomic mass is 10.0. The summed E-state index contributed by atoms with van der Waals surface area (Å²) in [7, 11) is 1.71. The Morgan fingerprint density at radius 2 is 1.86 bits per heavy atom. The maximum Gasteiger partial charge on any atom is 0.259 e. The molecule has 2 heterocycles. The number of nitrogens with zero attached hydrogens (tertiary/aromatic N) is 4. The van der Waals surface area contributed by atoms with Crippen molar-refractivity contribution in [3.05, 3.63) is 75.7 Å². The molecule has 0 atom stereocenters. The van der Waals surface area contributed by atoms with Crippen LogP contribution in [0.4, 0.5) is 11.6 Å². The van der Waals surface area contributed by atoms with Gasteiger partial charge in [-0.2, -0.15) is 4.98 Å². The molecule has 2 aromatic carbocycles. The summed E-state index contributed by atoms with van der Waals surface area (Å²) >= 11 is 6.42. The van der Waals surface area contributed by atoms with Crippen molar-refractivity contribution >= 4 is 34.3 Å². The van der Waals surface area contributed by atoms with E-state index in [-0.39, 0.29) is 5.56 Å². The van der Waals surface area contributed by atoms with Crippen molar-refractivity contribution in [1.29, 1.82) is 0 Å². The van der Waals surface area contributed by atoms with Gasteiger partial charge < -0.3 is 15.0 Å². The van der Waals surface area contributed by atoms with Gasteiger partial charge in [0.15, 0.2) is 0 Å². The number of ether oxygens (including phenoxy) is 1. The second-order valence-electron chi connectivity index (χ2n) is 8.35. The van der Waals surface area contributed by atoms with Crippen LogP contribution in [0.1, 0.15) is 19.4 Å². The molecule has 35 heavy (non-hydrogen) atoms. The third-order valence-corrected chi connectivity index (χ3v) is 6.44. The number of benzene rings is 2. The fourth-order valence-electron chi connectivity index (χ4n) is 4.06. The number of aryl methyl sites for hydroxylation is 2. The van der Waals surface area contributed by atoms with Gasteiger partial charge in [-0.15, -0.1) is 0 Å². The molecule has 0 fully saturated rings. The number of aromatic nitrogens is 3. The summed E-state index contributed by atoms with van der Waals surface area (Å²) in [5.41, 5.74) is 3.41. The van der Waals surface area contributed by atoms with Crippen molar-refractivity contribution in [2.24, 2.45) is 7.05 Å². The van der Waals surface area contributed by atoms with Crippen LogP contribution in [-0.2, 0) is 7.05 Å². The normalized spacial score (nSPS) is 11.3. The SMILES string of the molecule is CCN(CC)CCOc1ccc(Nc2ncc3cc(-c4c(C)cccc4Cl)c(=O)n(C)c3n2)cc1. The molecule has 0 saturated heterocycles. The minimum absolute atomic E-state index is 0.162. The number of hydrogen-bond donors (Lipinski definition) is 1. The first kappa shape index (κ1) is 24.7. The Hall–Kier alpha value is -3.42. The summed E-state index contributed by atoms with van der Waals surface area (Å²) in [6, 6.07) is 15.1. The van der Waals surface area contributed by atoms with E-state index >= 15 is 0 Å². The molecule has 0 saturated carbocycles. The van der Waals surface area contributed by atoms with Crippen molar-refractivity contribution in [3.63, 3.8) is 0 Å². The van der Waals surface area contributed by atoms with Crippen LogP contribution in [-0.4, -0.2) is 45.7 Å². The van der Waals surface area contributed by atoms with Crippen molar-refractivity contribution in [2.45, 2.75) is 20.8 Å². The van der Waals surface area contributed by atoms with Gasteiger partial charge in [0.2, 0.25) is 5.95 Å². The summed E-state index contributed by atoms with van der Waals surface area (Å²) in [5.74, 6) is 1.22. The lowest BCUT2D eigenvalue weighted by molar-refractivity contribution is 0.223. The minimum Gasteiger partial charge on any atom is -0.492 e. The van der Waals surface area contributed by atoms with Crippen molar-refractivity contribution in [1.82, 2.24) is 19.4 Å². The molecule has 0 aliphatic heterocycles. The molecule has 4 aromatic rings. The molecule has 0 aliphatic rings. The lowest BCUT2D eigenvalue weighted by Crippen LogP contribution is -2.27. The number of likely N-dealkylation sites (N-methyl/N-ethyl adjacent to an activating group) is 1. The van der Waals surface area contributed by atoms with E-state index in [1.807, 2.05) is 43.3 Å². The topological polar surface area (TPSA) is 72.3 Å². The highest BCUT2D eigenvalue weighted by Crippen LogP contribution is 2.30. The maximum atomic E-state index is 13.2. The zero-order chi connectivity index (χ0) is 24.9.